The third-order valence-corrected chi connectivity index (χ3v) is 14.2. The van der Waals surface area contributed by atoms with Crippen LogP contribution in [0.3, 0.4) is 0 Å². The zero-order valence-corrected chi connectivity index (χ0v) is 33.7. The number of fused-ring (bicyclic) bond motifs is 26. The van der Waals surface area contributed by atoms with Crippen molar-refractivity contribution in [2.45, 2.75) is 0 Å². The van der Waals surface area contributed by atoms with Crippen molar-refractivity contribution in [2.24, 2.45) is 9.98 Å². The van der Waals surface area contributed by atoms with Crippen LogP contribution in [0.5, 0.6) is 0 Å². The van der Waals surface area contributed by atoms with Crippen molar-refractivity contribution in [1.29, 1.82) is 0 Å². The van der Waals surface area contributed by atoms with Gasteiger partial charge in [-0.3, -0.25) is 0 Å². The first-order valence-electron chi connectivity index (χ1n) is 20.2. The Kier molecular flexibility index (Phi) is 7.31. The van der Waals surface area contributed by atoms with Gasteiger partial charge in [-0.15, -0.1) is 22.7 Å². The van der Waals surface area contributed by atoms with Gasteiger partial charge in [0.25, 0.3) is 0 Å². The highest BCUT2D eigenvalue weighted by Gasteiger charge is 2.31. The molecule has 0 aliphatic carbocycles. The lowest BCUT2D eigenvalue weighted by Crippen LogP contribution is -1.97. The Balaban J connectivity index is 1.17. The van der Waals surface area contributed by atoms with Crippen molar-refractivity contribution in [2.75, 3.05) is 0 Å². The molecule has 0 saturated heterocycles. The molecule has 3 aliphatic heterocycles. The summed E-state index contributed by atoms with van der Waals surface area (Å²) in [4.78, 5) is 23.9. The summed E-state index contributed by atoms with van der Waals surface area (Å²) in [7, 11) is 0. The van der Waals surface area contributed by atoms with E-state index in [9.17, 15) is 0 Å². The molecule has 2 N–H and O–H groups in total. The fourth-order valence-electron chi connectivity index (χ4n) is 9.36. The smallest absolute Gasteiger partial charge is 0.0888 e. The van der Waals surface area contributed by atoms with Crippen LogP contribution in [-0.4, -0.2) is 21.4 Å². The van der Waals surface area contributed by atoms with Crippen molar-refractivity contribution < 1.29 is 0 Å². The molecule has 4 nitrogen and oxygen atoms in total. The molecular weight excluding hydrogens is 769 g/mol. The Bertz CT molecular complexity index is 3290. The van der Waals surface area contributed by atoms with Gasteiger partial charge in [0.05, 0.1) is 65.1 Å². The first-order valence-corrected chi connectivity index (χ1v) is 21.8. The van der Waals surface area contributed by atoms with Gasteiger partial charge in [-0.2, -0.15) is 0 Å². The van der Waals surface area contributed by atoms with E-state index < -0.39 is 0 Å². The summed E-state index contributed by atoms with van der Waals surface area (Å²) in [6.07, 6.45) is 0. The van der Waals surface area contributed by atoms with E-state index >= 15 is 0 Å². The molecule has 280 valence electrons. The molecule has 12 bridgehead atoms. The third kappa shape index (κ3) is 4.95. The standard InChI is InChI=1S/C54H32N4S2/c1-3-15-31(16-4-1)45-51-37-23-11-7-19-33(37)47(55-51)41-27-29-43(59-41)49-35-21-9-13-25-39(35)53(57-49)46(32-17-5-2-6-18-32)54-40-26-14-10-22-36(40)50(58-54)44-30-28-42(60-44)48-34-20-8-12-24-38(34)52(45)56-48/h1-30,55,58H. The summed E-state index contributed by atoms with van der Waals surface area (Å²) in [6, 6.07) is 65.4. The van der Waals surface area contributed by atoms with Crippen LogP contribution >= 0.6 is 22.7 Å². The molecule has 13 rings (SSSR count). The van der Waals surface area contributed by atoms with E-state index in [1.807, 2.05) is 0 Å². The maximum atomic E-state index is 5.64. The van der Waals surface area contributed by atoms with Gasteiger partial charge in [-0.1, -0.05) is 158 Å². The van der Waals surface area contributed by atoms with Crippen molar-refractivity contribution in [3.63, 3.8) is 0 Å². The highest BCUT2D eigenvalue weighted by molar-refractivity contribution is 7.18. The minimum atomic E-state index is 0.969. The molecule has 0 radical (unpaired) electrons. The quantitative estimate of drug-likeness (QED) is 0.175. The van der Waals surface area contributed by atoms with Crippen LogP contribution in [0.15, 0.2) is 192 Å². The number of hydrogen-bond donors (Lipinski definition) is 2. The molecule has 0 saturated carbocycles. The summed E-state index contributed by atoms with van der Waals surface area (Å²) >= 11 is 3.57. The summed E-state index contributed by atoms with van der Waals surface area (Å²) < 4.78 is 0. The summed E-state index contributed by atoms with van der Waals surface area (Å²) in [5.74, 6) is 0. The SMILES string of the molecule is c1ccc(C2=C3N=C(c4ccc(s4)-c4[nH]c(c5ccccc45)C(c4ccccc4)=C4N=C(c5ccc(s5)-c5[nH]c2c2ccccc52)c2ccccc24)c2ccccc23)cc1. The van der Waals surface area contributed by atoms with Crippen LogP contribution in [0.1, 0.15) is 54.5 Å². The monoisotopic (exact) mass is 800 g/mol. The molecular formula is C54H32N4S2. The highest BCUT2D eigenvalue weighted by atomic mass is 32.1. The van der Waals surface area contributed by atoms with E-state index in [1.165, 1.54) is 10.8 Å². The van der Waals surface area contributed by atoms with Crippen LogP contribution in [0.25, 0.3) is 65.2 Å². The number of H-pyrrole nitrogens is 2. The largest absolute Gasteiger partial charge is 0.353 e. The molecule has 0 unspecified atom stereocenters. The molecule has 6 heteroatoms. The lowest BCUT2D eigenvalue weighted by Gasteiger charge is -2.11. The predicted octanol–water partition coefficient (Wildman–Crippen LogP) is 14.0. The number of thiophene rings is 2. The van der Waals surface area contributed by atoms with Crippen molar-refractivity contribution in [3.8, 4) is 21.1 Å². The van der Waals surface area contributed by atoms with E-state index in [1.54, 1.807) is 22.7 Å². The molecule has 0 atom stereocenters. The Morgan fingerprint density at radius 1 is 0.300 bits per heavy atom. The van der Waals surface area contributed by atoms with E-state index in [0.29, 0.717) is 0 Å². The topological polar surface area (TPSA) is 56.3 Å². The Hall–Kier alpha value is -7.38. The van der Waals surface area contributed by atoms with Crippen molar-refractivity contribution in [1.82, 2.24) is 9.97 Å². The van der Waals surface area contributed by atoms with E-state index in [-0.39, 0.29) is 0 Å². The molecule has 0 spiro atoms. The second-order valence-electron chi connectivity index (χ2n) is 15.4. The van der Waals surface area contributed by atoms with Crippen molar-refractivity contribution in [3.05, 3.63) is 237 Å². The van der Waals surface area contributed by atoms with Crippen LogP contribution in [0.2, 0.25) is 0 Å². The third-order valence-electron chi connectivity index (χ3n) is 12.0. The van der Waals surface area contributed by atoms with Crippen LogP contribution in [0, 0.1) is 0 Å². The number of nitrogens with one attached hydrogen (secondary N) is 2. The Labute approximate surface area is 353 Å². The molecule has 6 aromatic carbocycles. The van der Waals surface area contributed by atoms with Gasteiger partial charge in [0.15, 0.2) is 0 Å². The van der Waals surface area contributed by atoms with Crippen LogP contribution in [-0.2, 0) is 0 Å². The van der Waals surface area contributed by atoms with Gasteiger partial charge >= 0.3 is 0 Å². The van der Waals surface area contributed by atoms with E-state index in [2.05, 4.69) is 192 Å². The van der Waals surface area contributed by atoms with Crippen LogP contribution in [0.4, 0.5) is 0 Å². The van der Waals surface area contributed by atoms with Crippen molar-refractivity contribution >= 4 is 78.2 Å². The normalized spacial score (nSPS) is 14.1. The first kappa shape index (κ1) is 33.6. The van der Waals surface area contributed by atoms with Gasteiger partial charge in [0, 0.05) is 54.9 Å². The fraction of sp³-hybridized carbons (Fsp3) is 0. The molecule has 3 aliphatic rings. The molecule has 7 heterocycles. The molecule has 60 heavy (non-hydrogen) atoms. The lowest BCUT2D eigenvalue weighted by molar-refractivity contribution is 1.36. The maximum absolute atomic E-state index is 5.64. The number of nitrogens with zero attached hydrogens (tertiary/aromatic N) is 2. The number of aliphatic imine (C=N–C) groups is 2. The Morgan fingerprint density at radius 2 is 0.633 bits per heavy atom. The zero-order valence-electron chi connectivity index (χ0n) is 32.0. The molecule has 0 amide bonds. The summed E-state index contributed by atoms with van der Waals surface area (Å²) in [5, 5.41) is 4.67. The second kappa shape index (κ2) is 13.1. The lowest BCUT2D eigenvalue weighted by atomic mass is 9.94. The van der Waals surface area contributed by atoms with Gasteiger partial charge in [0.2, 0.25) is 0 Å². The predicted molar refractivity (Wildman–Crippen MR) is 252 cm³/mol. The number of aromatic amines is 2. The number of hydrogen-bond acceptors (Lipinski definition) is 4. The average molecular weight is 801 g/mol. The minimum absolute atomic E-state index is 0.969. The fourth-order valence-corrected chi connectivity index (χ4v) is 11.4. The van der Waals surface area contributed by atoms with Crippen LogP contribution < -0.4 is 0 Å². The molecule has 10 aromatic rings. The number of rotatable bonds is 2. The van der Waals surface area contributed by atoms with E-state index in [0.717, 1.165) is 120 Å². The molecule has 0 fully saturated rings. The minimum Gasteiger partial charge on any atom is -0.353 e. The average Bonchev–Trinajstić information content (AvgIpc) is 4.17. The Morgan fingerprint density at radius 3 is 1.05 bits per heavy atom. The van der Waals surface area contributed by atoms with Gasteiger partial charge < -0.3 is 9.97 Å². The maximum Gasteiger partial charge on any atom is 0.0888 e. The van der Waals surface area contributed by atoms with Gasteiger partial charge in [-0.05, 0) is 35.4 Å². The summed E-state index contributed by atoms with van der Waals surface area (Å²) in [5.41, 5.74) is 17.2. The second-order valence-corrected chi connectivity index (χ2v) is 17.5. The molecule has 4 aromatic heterocycles. The van der Waals surface area contributed by atoms with Gasteiger partial charge in [-0.25, -0.2) is 9.98 Å². The van der Waals surface area contributed by atoms with Gasteiger partial charge in [0.1, 0.15) is 0 Å². The zero-order chi connectivity index (χ0) is 39.3. The first-order chi connectivity index (χ1) is 29.8. The van der Waals surface area contributed by atoms with E-state index in [4.69, 9.17) is 9.98 Å². The number of benzene rings is 6. The highest BCUT2D eigenvalue weighted by Crippen LogP contribution is 2.48. The summed E-state index contributed by atoms with van der Waals surface area (Å²) in [6.45, 7) is 0. The number of aromatic nitrogens is 2.